The van der Waals surface area contributed by atoms with Crippen molar-refractivity contribution in [2.75, 3.05) is 13.6 Å². The molecule has 4 nitrogen and oxygen atoms in total. The van der Waals surface area contributed by atoms with Gasteiger partial charge in [-0.3, -0.25) is 4.79 Å². The van der Waals surface area contributed by atoms with Crippen LogP contribution in [0.2, 0.25) is 0 Å². The molecule has 0 aliphatic rings. The van der Waals surface area contributed by atoms with Crippen molar-refractivity contribution in [3.05, 3.63) is 34.4 Å². The average molecular weight is 263 g/mol. The molecule has 0 aliphatic carbocycles. The van der Waals surface area contributed by atoms with E-state index in [2.05, 4.69) is 6.92 Å². The Morgan fingerprint density at radius 1 is 1.16 bits per heavy atom. The summed E-state index contributed by atoms with van der Waals surface area (Å²) in [6.07, 6.45) is 1.91. The van der Waals surface area contributed by atoms with Crippen LogP contribution in [-0.2, 0) is 0 Å². The van der Waals surface area contributed by atoms with Gasteiger partial charge in [0.15, 0.2) is 0 Å². The number of hydrogen-bond donors (Lipinski definition) is 1. The van der Waals surface area contributed by atoms with Crippen LogP contribution in [0.4, 0.5) is 0 Å². The molecular formula is C15H21NO3. The van der Waals surface area contributed by atoms with Crippen LogP contribution in [-0.4, -0.2) is 35.5 Å². The molecule has 0 fully saturated rings. The number of nitrogens with zero attached hydrogens (tertiary/aromatic N) is 1. The monoisotopic (exact) mass is 263 g/mol. The van der Waals surface area contributed by atoms with Crippen LogP contribution in [0, 0.1) is 13.8 Å². The second-order valence-corrected chi connectivity index (χ2v) is 4.83. The third kappa shape index (κ3) is 3.34. The lowest BCUT2D eigenvalue weighted by Crippen LogP contribution is -2.30. The molecule has 0 aliphatic heterocycles. The zero-order chi connectivity index (χ0) is 14.6. The van der Waals surface area contributed by atoms with Crippen LogP contribution < -0.4 is 0 Å². The number of carbonyl (C=O) groups excluding carboxylic acids is 1. The summed E-state index contributed by atoms with van der Waals surface area (Å²) in [5, 5.41) is 9.31. The van der Waals surface area contributed by atoms with Crippen LogP contribution in [0.25, 0.3) is 0 Å². The first-order valence-corrected chi connectivity index (χ1v) is 6.49. The van der Waals surface area contributed by atoms with Gasteiger partial charge < -0.3 is 10.0 Å². The minimum Gasteiger partial charge on any atom is -0.478 e. The molecule has 104 valence electrons. The second kappa shape index (κ2) is 6.36. The molecule has 1 N–H and O–H groups in total. The number of carboxylic acid groups (broad SMARTS) is 1. The van der Waals surface area contributed by atoms with Crippen molar-refractivity contribution in [1.82, 2.24) is 4.90 Å². The van der Waals surface area contributed by atoms with Crippen molar-refractivity contribution in [2.45, 2.75) is 33.6 Å². The highest BCUT2D eigenvalue weighted by Crippen LogP contribution is 2.20. The van der Waals surface area contributed by atoms with Gasteiger partial charge in [0.1, 0.15) is 0 Å². The molecule has 0 spiro atoms. The number of aromatic carboxylic acids is 1. The van der Waals surface area contributed by atoms with E-state index in [1.165, 1.54) is 0 Å². The summed E-state index contributed by atoms with van der Waals surface area (Å²) < 4.78 is 0. The number of hydrogen-bond acceptors (Lipinski definition) is 2. The Labute approximate surface area is 114 Å². The third-order valence-electron chi connectivity index (χ3n) is 3.24. The van der Waals surface area contributed by atoms with Gasteiger partial charge in [-0.15, -0.1) is 0 Å². The van der Waals surface area contributed by atoms with E-state index < -0.39 is 5.97 Å². The SMILES string of the molecule is CCCCN(C)C(=O)c1c(C)ccc(C)c1C(=O)O. The molecule has 0 saturated carbocycles. The molecule has 0 atom stereocenters. The predicted molar refractivity (Wildman–Crippen MR) is 74.7 cm³/mol. The Bertz CT molecular complexity index is 494. The first kappa shape index (κ1) is 15.2. The predicted octanol–water partition coefficient (Wildman–Crippen LogP) is 2.87. The number of carboxylic acids is 1. The number of amides is 1. The van der Waals surface area contributed by atoms with E-state index in [1.807, 2.05) is 0 Å². The summed E-state index contributed by atoms with van der Waals surface area (Å²) in [6.45, 7) is 6.18. The molecule has 1 rings (SSSR count). The fourth-order valence-electron chi connectivity index (χ4n) is 2.05. The largest absolute Gasteiger partial charge is 0.478 e. The number of unbranched alkanes of at least 4 members (excludes halogenated alkanes) is 1. The number of aryl methyl sites for hydroxylation is 2. The van der Waals surface area contributed by atoms with Crippen LogP contribution in [0.1, 0.15) is 51.6 Å². The topological polar surface area (TPSA) is 57.6 Å². The smallest absolute Gasteiger partial charge is 0.336 e. The Kier molecular flexibility index (Phi) is 5.10. The van der Waals surface area contributed by atoms with Crippen molar-refractivity contribution >= 4 is 11.9 Å². The van der Waals surface area contributed by atoms with Gasteiger partial charge in [-0.1, -0.05) is 25.5 Å². The van der Waals surface area contributed by atoms with Crippen LogP contribution >= 0.6 is 0 Å². The first-order valence-electron chi connectivity index (χ1n) is 6.49. The minimum absolute atomic E-state index is 0.119. The number of benzene rings is 1. The van der Waals surface area contributed by atoms with Crippen molar-refractivity contribution < 1.29 is 14.7 Å². The van der Waals surface area contributed by atoms with E-state index >= 15 is 0 Å². The van der Waals surface area contributed by atoms with Gasteiger partial charge >= 0.3 is 5.97 Å². The molecule has 0 unspecified atom stereocenters. The summed E-state index contributed by atoms with van der Waals surface area (Å²) in [6, 6.07) is 3.53. The highest BCUT2D eigenvalue weighted by atomic mass is 16.4. The average Bonchev–Trinajstić information content (AvgIpc) is 2.36. The Morgan fingerprint density at radius 2 is 1.68 bits per heavy atom. The molecule has 0 heterocycles. The molecule has 1 aromatic carbocycles. The van der Waals surface area contributed by atoms with Gasteiger partial charge in [0.2, 0.25) is 0 Å². The van der Waals surface area contributed by atoms with E-state index in [-0.39, 0.29) is 11.5 Å². The molecule has 0 saturated heterocycles. The summed E-state index contributed by atoms with van der Waals surface area (Å²) in [4.78, 5) is 25.4. The highest BCUT2D eigenvalue weighted by Gasteiger charge is 2.23. The van der Waals surface area contributed by atoms with Crippen LogP contribution in [0.3, 0.4) is 0 Å². The van der Waals surface area contributed by atoms with Crippen LogP contribution in [0.15, 0.2) is 12.1 Å². The van der Waals surface area contributed by atoms with Crippen molar-refractivity contribution in [1.29, 1.82) is 0 Å². The fourth-order valence-corrected chi connectivity index (χ4v) is 2.05. The first-order chi connectivity index (χ1) is 8.90. The molecule has 1 amide bonds. The molecular weight excluding hydrogens is 242 g/mol. The zero-order valence-electron chi connectivity index (χ0n) is 12.0. The lowest BCUT2D eigenvalue weighted by molar-refractivity contribution is 0.0680. The molecule has 0 radical (unpaired) electrons. The van der Waals surface area contributed by atoms with Gasteiger partial charge in [0.25, 0.3) is 5.91 Å². The molecule has 0 bridgehead atoms. The number of carbonyl (C=O) groups is 2. The Hall–Kier alpha value is -1.84. The normalized spacial score (nSPS) is 10.3. The Morgan fingerprint density at radius 3 is 2.16 bits per heavy atom. The molecule has 19 heavy (non-hydrogen) atoms. The number of rotatable bonds is 5. The van der Waals surface area contributed by atoms with E-state index in [4.69, 9.17) is 0 Å². The Balaban J connectivity index is 3.22. The van der Waals surface area contributed by atoms with Gasteiger partial charge in [-0.25, -0.2) is 4.79 Å². The lowest BCUT2D eigenvalue weighted by atomic mass is 9.96. The van der Waals surface area contributed by atoms with Gasteiger partial charge in [0, 0.05) is 13.6 Å². The molecule has 4 heteroatoms. The third-order valence-corrected chi connectivity index (χ3v) is 3.24. The standard InChI is InChI=1S/C15H21NO3/c1-5-6-9-16(4)14(17)12-10(2)7-8-11(3)13(12)15(18)19/h7-8H,5-6,9H2,1-4H3,(H,18,19). The lowest BCUT2D eigenvalue weighted by Gasteiger charge is -2.20. The van der Waals surface area contributed by atoms with Crippen molar-refractivity contribution in [3.63, 3.8) is 0 Å². The van der Waals surface area contributed by atoms with E-state index in [9.17, 15) is 14.7 Å². The maximum absolute atomic E-state index is 12.4. The summed E-state index contributed by atoms with van der Waals surface area (Å²) in [7, 11) is 1.71. The molecule has 0 aromatic heterocycles. The highest BCUT2D eigenvalue weighted by molar-refractivity contribution is 6.06. The molecule has 1 aromatic rings. The maximum Gasteiger partial charge on any atom is 0.336 e. The summed E-state index contributed by atoms with van der Waals surface area (Å²) in [5.41, 5.74) is 1.75. The van der Waals surface area contributed by atoms with Crippen molar-refractivity contribution in [3.8, 4) is 0 Å². The maximum atomic E-state index is 12.4. The fraction of sp³-hybridized carbons (Fsp3) is 0.467. The van der Waals surface area contributed by atoms with Gasteiger partial charge in [-0.2, -0.15) is 0 Å². The minimum atomic E-state index is -1.05. The van der Waals surface area contributed by atoms with Crippen molar-refractivity contribution in [2.24, 2.45) is 0 Å². The summed E-state index contributed by atoms with van der Waals surface area (Å²) in [5.74, 6) is -1.26. The van der Waals surface area contributed by atoms with Gasteiger partial charge in [0.05, 0.1) is 11.1 Å². The zero-order valence-corrected chi connectivity index (χ0v) is 12.0. The van der Waals surface area contributed by atoms with E-state index in [1.54, 1.807) is 37.9 Å². The van der Waals surface area contributed by atoms with Gasteiger partial charge in [-0.05, 0) is 31.4 Å². The van der Waals surface area contributed by atoms with E-state index in [0.29, 0.717) is 23.2 Å². The quantitative estimate of drug-likeness (QED) is 0.888. The van der Waals surface area contributed by atoms with E-state index in [0.717, 1.165) is 12.8 Å². The summed E-state index contributed by atoms with van der Waals surface area (Å²) >= 11 is 0. The second-order valence-electron chi connectivity index (χ2n) is 4.83. The van der Waals surface area contributed by atoms with Crippen LogP contribution in [0.5, 0.6) is 0 Å².